The Morgan fingerprint density at radius 3 is 2.08 bits per heavy atom. The smallest absolute Gasteiger partial charge is 0.166 e. The highest BCUT2D eigenvalue weighted by Crippen LogP contribution is 2.22. The fourth-order valence-corrected chi connectivity index (χ4v) is 3.62. The number of halogens is 5. The van der Waals surface area contributed by atoms with E-state index in [2.05, 4.69) is 23.7 Å². The molecule has 36 heavy (non-hydrogen) atoms. The SMILES string of the molecule is COCCCc1cc(F)c(C#Cc2ccc(C#Cc3ccc4c(F)c(F)ccc4c3)c(F)c2)c(F)c1. The van der Waals surface area contributed by atoms with Gasteiger partial charge in [0.2, 0.25) is 0 Å². The molecular weight excluding hydrogens is 471 g/mol. The Hall–Kier alpha value is -4.13. The molecule has 6 heteroatoms. The summed E-state index contributed by atoms with van der Waals surface area (Å²) in [5, 5.41) is 0.595. The Kier molecular flexibility index (Phi) is 7.68. The molecule has 4 aromatic carbocycles. The Morgan fingerprint density at radius 1 is 0.667 bits per heavy atom. The van der Waals surface area contributed by atoms with Gasteiger partial charge in [-0.1, -0.05) is 35.8 Å². The number of rotatable bonds is 4. The molecule has 0 aliphatic rings. The summed E-state index contributed by atoms with van der Waals surface area (Å²) in [4.78, 5) is 0. The first kappa shape index (κ1) is 25.0. The molecule has 0 saturated carbocycles. The molecule has 0 spiro atoms. The van der Waals surface area contributed by atoms with E-state index in [9.17, 15) is 22.0 Å². The van der Waals surface area contributed by atoms with Crippen molar-refractivity contribution in [3.05, 3.63) is 118 Å². The third kappa shape index (κ3) is 5.74. The zero-order chi connectivity index (χ0) is 25.7. The first-order valence-corrected chi connectivity index (χ1v) is 11.0. The summed E-state index contributed by atoms with van der Waals surface area (Å²) in [6, 6.07) is 13.5. The average Bonchev–Trinajstić information content (AvgIpc) is 2.85. The summed E-state index contributed by atoms with van der Waals surface area (Å²) >= 11 is 0. The minimum Gasteiger partial charge on any atom is -0.385 e. The topological polar surface area (TPSA) is 9.23 Å². The van der Waals surface area contributed by atoms with Crippen LogP contribution in [0.3, 0.4) is 0 Å². The molecule has 0 saturated heterocycles. The second-order valence-corrected chi connectivity index (χ2v) is 8.02. The van der Waals surface area contributed by atoms with Crippen molar-refractivity contribution in [1.82, 2.24) is 0 Å². The molecule has 0 aliphatic carbocycles. The molecule has 180 valence electrons. The number of fused-ring (bicyclic) bond motifs is 1. The Morgan fingerprint density at radius 2 is 1.36 bits per heavy atom. The quantitative estimate of drug-likeness (QED) is 0.172. The van der Waals surface area contributed by atoms with Crippen molar-refractivity contribution >= 4 is 10.8 Å². The Bertz CT molecular complexity index is 1540. The normalized spacial score (nSPS) is 10.5. The summed E-state index contributed by atoms with van der Waals surface area (Å²) in [7, 11) is 1.56. The van der Waals surface area contributed by atoms with E-state index in [1.54, 1.807) is 13.2 Å². The van der Waals surface area contributed by atoms with Crippen LogP contribution in [0, 0.1) is 52.8 Å². The minimum atomic E-state index is -0.938. The molecule has 4 aromatic rings. The highest BCUT2D eigenvalue weighted by molar-refractivity contribution is 5.84. The van der Waals surface area contributed by atoms with Crippen LogP contribution in [0.1, 0.15) is 34.2 Å². The van der Waals surface area contributed by atoms with Crippen molar-refractivity contribution in [2.24, 2.45) is 0 Å². The Labute approximate surface area is 205 Å². The van der Waals surface area contributed by atoms with Gasteiger partial charge in [-0.15, -0.1) is 0 Å². The van der Waals surface area contributed by atoms with Crippen molar-refractivity contribution in [2.75, 3.05) is 13.7 Å². The number of ether oxygens (including phenoxy) is 1. The van der Waals surface area contributed by atoms with Crippen molar-refractivity contribution in [2.45, 2.75) is 12.8 Å². The zero-order valence-corrected chi connectivity index (χ0v) is 19.2. The average molecular weight is 490 g/mol. The first-order chi connectivity index (χ1) is 17.4. The van der Waals surface area contributed by atoms with Gasteiger partial charge >= 0.3 is 0 Å². The zero-order valence-electron chi connectivity index (χ0n) is 19.2. The summed E-state index contributed by atoms with van der Waals surface area (Å²) in [5.41, 5.74) is 0.925. The highest BCUT2D eigenvalue weighted by atomic mass is 19.2. The van der Waals surface area contributed by atoms with E-state index in [-0.39, 0.29) is 22.1 Å². The molecular formula is C30H19F5O. The summed E-state index contributed by atoms with van der Waals surface area (Å²) in [6.45, 7) is 0.486. The minimum absolute atomic E-state index is 0.0868. The van der Waals surface area contributed by atoms with Gasteiger partial charge in [0.25, 0.3) is 0 Å². The number of methoxy groups -OCH3 is 1. The van der Waals surface area contributed by atoms with Crippen LogP contribution in [-0.2, 0) is 11.2 Å². The van der Waals surface area contributed by atoms with Crippen LogP contribution in [0.15, 0.2) is 60.7 Å². The van der Waals surface area contributed by atoms with Crippen LogP contribution in [0.2, 0.25) is 0 Å². The predicted molar refractivity (Wildman–Crippen MR) is 129 cm³/mol. The maximum atomic E-state index is 14.6. The van der Waals surface area contributed by atoms with Gasteiger partial charge in [-0.2, -0.15) is 0 Å². The number of hydrogen-bond donors (Lipinski definition) is 0. The molecule has 0 aliphatic heterocycles. The van der Waals surface area contributed by atoms with E-state index in [1.165, 1.54) is 42.5 Å². The van der Waals surface area contributed by atoms with E-state index < -0.39 is 29.1 Å². The lowest BCUT2D eigenvalue weighted by Crippen LogP contribution is -1.97. The third-order valence-electron chi connectivity index (χ3n) is 5.47. The fraction of sp³-hybridized carbons (Fsp3) is 0.133. The van der Waals surface area contributed by atoms with Crippen LogP contribution >= 0.6 is 0 Å². The third-order valence-corrected chi connectivity index (χ3v) is 5.47. The van der Waals surface area contributed by atoms with Crippen molar-refractivity contribution < 1.29 is 26.7 Å². The molecule has 0 heterocycles. The van der Waals surface area contributed by atoms with E-state index in [0.29, 0.717) is 36.0 Å². The van der Waals surface area contributed by atoms with Crippen LogP contribution in [0.4, 0.5) is 22.0 Å². The van der Waals surface area contributed by atoms with Gasteiger partial charge in [0.1, 0.15) is 17.5 Å². The number of hydrogen-bond acceptors (Lipinski definition) is 1. The highest BCUT2D eigenvalue weighted by Gasteiger charge is 2.10. The number of benzene rings is 4. The largest absolute Gasteiger partial charge is 0.385 e. The summed E-state index contributed by atoms with van der Waals surface area (Å²) < 4.78 is 75.4. The van der Waals surface area contributed by atoms with Crippen molar-refractivity contribution in [1.29, 1.82) is 0 Å². The van der Waals surface area contributed by atoms with Gasteiger partial charge in [0.15, 0.2) is 11.6 Å². The lowest BCUT2D eigenvalue weighted by atomic mass is 10.0. The molecule has 0 unspecified atom stereocenters. The van der Waals surface area contributed by atoms with E-state index >= 15 is 0 Å². The fourth-order valence-electron chi connectivity index (χ4n) is 3.62. The van der Waals surface area contributed by atoms with E-state index in [0.717, 1.165) is 12.1 Å². The molecule has 0 aromatic heterocycles. The van der Waals surface area contributed by atoms with Crippen LogP contribution in [0.25, 0.3) is 10.8 Å². The number of aryl methyl sites for hydroxylation is 1. The van der Waals surface area contributed by atoms with Crippen molar-refractivity contribution in [3.8, 4) is 23.7 Å². The van der Waals surface area contributed by atoms with Gasteiger partial charge in [-0.25, -0.2) is 22.0 Å². The first-order valence-electron chi connectivity index (χ1n) is 11.0. The standard InChI is InChI=1S/C30H19F5O/c1-36-14-2-3-21-17-28(33)25(29(34)18-21)12-7-20-5-9-22(27(32)16-20)8-4-19-6-11-24-23(15-19)10-13-26(31)30(24)35/h5-6,9-11,13,15-18H,2-3,14H2,1H3. The van der Waals surface area contributed by atoms with Gasteiger partial charge in [0.05, 0.1) is 11.1 Å². The van der Waals surface area contributed by atoms with Gasteiger partial charge in [-0.05, 0) is 72.3 Å². The second-order valence-electron chi connectivity index (χ2n) is 8.02. The Balaban J connectivity index is 1.53. The molecule has 0 fully saturated rings. The lowest BCUT2D eigenvalue weighted by molar-refractivity contribution is 0.195. The van der Waals surface area contributed by atoms with Gasteiger partial charge in [0, 0.05) is 30.2 Å². The maximum Gasteiger partial charge on any atom is 0.166 e. The molecule has 0 bridgehead atoms. The second kappa shape index (κ2) is 11.1. The monoisotopic (exact) mass is 490 g/mol. The van der Waals surface area contributed by atoms with Crippen LogP contribution < -0.4 is 0 Å². The van der Waals surface area contributed by atoms with E-state index in [4.69, 9.17) is 4.74 Å². The molecule has 0 amide bonds. The van der Waals surface area contributed by atoms with E-state index in [1.807, 2.05) is 0 Å². The lowest BCUT2D eigenvalue weighted by Gasteiger charge is -2.04. The van der Waals surface area contributed by atoms with Crippen molar-refractivity contribution in [3.63, 3.8) is 0 Å². The molecule has 0 atom stereocenters. The molecule has 1 nitrogen and oxygen atoms in total. The van der Waals surface area contributed by atoms with Crippen LogP contribution in [0.5, 0.6) is 0 Å². The maximum absolute atomic E-state index is 14.6. The molecule has 4 rings (SSSR count). The summed E-state index contributed by atoms with van der Waals surface area (Å²) in [5.74, 6) is 6.42. The van der Waals surface area contributed by atoms with Gasteiger partial charge in [-0.3, -0.25) is 0 Å². The molecule has 0 radical (unpaired) electrons. The van der Waals surface area contributed by atoms with Gasteiger partial charge < -0.3 is 4.74 Å². The summed E-state index contributed by atoms with van der Waals surface area (Å²) in [6.07, 6.45) is 1.10. The predicted octanol–water partition coefficient (Wildman–Crippen LogP) is 6.91. The van der Waals surface area contributed by atoms with Crippen LogP contribution in [-0.4, -0.2) is 13.7 Å². The molecule has 0 N–H and O–H groups in total.